The van der Waals surface area contributed by atoms with Crippen LogP contribution in [0, 0.1) is 18.8 Å². The van der Waals surface area contributed by atoms with E-state index in [0.717, 1.165) is 22.8 Å². The second kappa shape index (κ2) is 8.58. The van der Waals surface area contributed by atoms with E-state index in [1.807, 2.05) is 37.3 Å². The summed E-state index contributed by atoms with van der Waals surface area (Å²) in [5.74, 6) is 1.56. The van der Waals surface area contributed by atoms with Crippen LogP contribution in [0.4, 0.5) is 0 Å². The van der Waals surface area contributed by atoms with Crippen molar-refractivity contribution in [2.75, 3.05) is 13.7 Å². The summed E-state index contributed by atoms with van der Waals surface area (Å²) in [7, 11) is 1.65. The fraction of sp³-hybridized carbons (Fsp3) is 0.500. The van der Waals surface area contributed by atoms with Crippen LogP contribution in [0.3, 0.4) is 0 Å². The number of aliphatic hydroxyl groups is 2. The highest BCUT2D eigenvalue weighted by molar-refractivity contribution is 5.27. The summed E-state index contributed by atoms with van der Waals surface area (Å²) in [6.07, 6.45) is 2.61. The van der Waals surface area contributed by atoms with Gasteiger partial charge in [-0.2, -0.15) is 0 Å². The van der Waals surface area contributed by atoms with Gasteiger partial charge in [0.15, 0.2) is 0 Å². The first kappa shape index (κ1) is 18.8. The highest BCUT2D eigenvalue weighted by Crippen LogP contribution is 2.34. The van der Waals surface area contributed by atoms with E-state index in [0.29, 0.717) is 19.4 Å². The molecular weight excluding hydrogens is 330 g/mol. The van der Waals surface area contributed by atoms with E-state index in [1.54, 1.807) is 13.3 Å². The van der Waals surface area contributed by atoms with Crippen molar-refractivity contribution in [2.45, 2.75) is 38.5 Å². The summed E-state index contributed by atoms with van der Waals surface area (Å²) >= 11 is 0. The molecule has 0 amide bonds. The molecule has 0 unspecified atom stereocenters. The zero-order valence-electron chi connectivity index (χ0n) is 15.3. The minimum Gasteiger partial charge on any atom is -0.497 e. The average Bonchev–Trinajstić information content (AvgIpc) is 2.95. The van der Waals surface area contributed by atoms with Gasteiger partial charge in [-0.15, -0.1) is 0 Å². The fourth-order valence-electron chi connectivity index (χ4n) is 3.83. The van der Waals surface area contributed by atoms with Crippen LogP contribution in [0.15, 0.2) is 36.5 Å². The molecule has 1 aliphatic rings. The lowest BCUT2D eigenvalue weighted by Gasteiger charge is -2.25. The van der Waals surface area contributed by atoms with Crippen LogP contribution in [-0.4, -0.2) is 46.0 Å². The summed E-state index contributed by atoms with van der Waals surface area (Å²) in [5, 5.41) is 23.7. The lowest BCUT2D eigenvalue weighted by atomic mass is 9.88. The van der Waals surface area contributed by atoms with E-state index >= 15 is 0 Å². The second-order valence-electron chi connectivity index (χ2n) is 6.95. The van der Waals surface area contributed by atoms with Crippen LogP contribution < -0.4 is 10.1 Å². The monoisotopic (exact) mass is 357 g/mol. The minimum absolute atomic E-state index is 0.0172. The molecule has 0 spiro atoms. The van der Waals surface area contributed by atoms with Crippen LogP contribution in [0.25, 0.3) is 0 Å². The zero-order chi connectivity index (χ0) is 18.5. The Labute approximate surface area is 154 Å². The van der Waals surface area contributed by atoms with Crippen LogP contribution in [-0.2, 0) is 13.0 Å². The van der Waals surface area contributed by atoms with Gasteiger partial charge in [-0.25, -0.2) is 9.97 Å². The molecule has 26 heavy (non-hydrogen) atoms. The first-order chi connectivity index (χ1) is 12.6. The van der Waals surface area contributed by atoms with Crippen molar-refractivity contribution in [1.29, 1.82) is 0 Å². The normalized spacial score (nSPS) is 25.4. The number of aromatic nitrogens is 2. The summed E-state index contributed by atoms with van der Waals surface area (Å²) in [5.41, 5.74) is 2.11. The number of ether oxygens (including phenoxy) is 1. The smallest absolute Gasteiger partial charge is 0.125 e. The van der Waals surface area contributed by atoms with Gasteiger partial charge in [0.1, 0.15) is 11.6 Å². The van der Waals surface area contributed by atoms with Gasteiger partial charge in [0.05, 0.1) is 13.2 Å². The summed E-state index contributed by atoms with van der Waals surface area (Å²) in [6, 6.07) is 9.98. The number of benzene rings is 1. The Kier molecular flexibility index (Phi) is 6.19. The van der Waals surface area contributed by atoms with Crippen molar-refractivity contribution in [3.63, 3.8) is 0 Å². The molecule has 0 radical (unpaired) electrons. The summed E-state index contributed by atoms with van der Waals surface area (Å²) in [4.78, 5) is 8.63. The molecule has 2 aromatic rings. The largest absolute Gasteiger partial charge is 0.497 e. The molecule has 1 aromatic carbocycles. The third-order valence-electron chi connectivity index (χ3n) is 5.27. The van der Waals surface area contributed by atoms with Crippen molar-refractivity contribution < 1.29 is 14.9 Å². The van der Waals surface area contributed by atoms with Gasteiger partial charge in [0, 0.05) is 37.0 Å². The maximum absolute atomic E-state index is 10.4. The van der Waals surface area contributed by atoms with Crippen LogP contribution in [0.5, 0.6) is 5.75 Å². The Morgan fingerprint density at radius 3 is 2.62 bits per heavy atom. The van der Waals surface area contributed by atoms with Gasteiger partial charge in [-0.1, -0.05) is 12.1 Å². The van der Waals surface area contributed by atoms with Crippen LogP contribution >= 0.6 is 0 Å². The van der Waals surface area contributed by atoms with Gasteiger partial charge in [-0.05, 0) is 49.4 Å². The molecule has 1 aromatic heterocycles. The number of nitrogens with one attached hydrogen (secondary N) is 1. The number of aliphatic hydroxyl groups excluding tert-OH is 2. The van der Waals surface area contributed by atoms with Crippen molar-refractivity contribution in [3.8, 4) is 5.75 Å². The number of methoxy groups -OCH3 is 1. The maximum Gasteiger partial charge on any atom is 0.125 e. The lowest BCUT2D eigenvalue weighted by molar-refractivity contribution is 0.0716. The van der Waals surface area contributed by atoms with Gasteiger partial charge < -0.3 is 20.3 Å². The Bertz CT molecular complexity index is 708. The predicted molar refractivity (Wildman–Crippen MR) is 98.8 cm³/mol. The first-order valence-electron chi connectivity index (χ1n) is 9.04. The summed E-state index contributed by atoms with van der Waals surface area (Å²) in [6.45, 7) is 2.56. The molecule has 0 aliphatic heterocycles. The molecule has 0 bridgehead atoms. The van der Waals surface area contributed by atoms with Crippen molar-refractivity contribution >= 4 is 0 Å². The average molecular weight is 357 g/mol. The molecule has 4 atom stereocenters. The van der Waals surface area contributed by atoms with Gasteiger partial charge in [-0.3, -0.25) is 0 Å². The van der Waals surface area contributed by atoms with Crippen molar-refractivity contribution in [2.24, 2.45) is 11.8 Å². The number of aryl methyl sites for hydroxylation is 1. The maximum atomic E-state index is 10.4. The zero-order valence-corrected chi connectivity index (χ0v) is 15.3. The number of rotatable bonds is 7. The first-order valence-corrected chi connectivity index (χ1v) is 9.04. The van der Waals surface area contributed by atoms with E-state index in [1.165, 1.54) is 0 Å². The molecule has 3 rings (SSSR count). The molecule has 3 N–H and O–H groups in total. The number of nitrogens with zero attached hydrogens (tertiary/aromatic N) is 2. The Hall–Kier alpha value is -2.02. The molecule has 6 heteroatoms. The Morgan fingerprint density at radius 1 is 1.19 bits per heavy atom. The third-order valence-corrected chi connectivity index (χ3v) is 5.27. The molecule has 6 nitrogen and oxygen atoms in total. The minimum atomic E-state index is -0.499. The van der Waals surface area contributed by atoms with E-state index in [9.17, 15) is 10.2 Å². The fourth-order valence-corrected chi connectivity index (χ4v) is 3.83. The molecule has 0 saturated heterocycles. The van der Waals surface area contributed by atoms with Crippen LogP contribution in [0.2, 0.25) is 0 Å². The summed E-state index contributed by atoms with van der Waals surface area (Å²) < 4.78 is 5.19. The third kappa shape index (κ3) is 4.38. The second-order valence-corrected chi connectivity index (χ2v) is 6.95. The Morgan fingerprint density at radius 2 is 1.96 bits per heavy atom. The van der Waals surface area contributed by atoms with Crippen LogP contribution in [0.1, 0.15) is 23.5 Å². The molecule has 1 heterocycles. The Balaban J connectivity index is 1.68. The molecule has 140 valence electrons. The molecule has 1 aliphatic carbocycles. The number of hydrogen-bond donors (Lipinski definition) is 3. The SMILES string of the molecule is COc1ccc(CN[C@@H]2C[C@@H](O)[C@H](CO)[C@H]2Cc2ccnc(C)n2)cc1. The van der Waals surface area contributed by atoms with Gasteiger partial charge in [0.25, 0.3) is 0 Å². The lowest BCUT2D eigenvalue weighted by Crippen LogP contribution is -2.36. The molecular formula is C20H27N3O3. The van der Waals surface area contributed by atoms with E-state index in [-0.39, 0.29) is 24.5 Å². The topological polar surface area (TPSA) is 87.5 Å². The van der Waals surface area contributed by atoms with Gasteiger partial charge >= 0.3 is 0 Å². The standard InChI is InChI=1S/C20H27N3O3/c1-13-21-8-7-15(23-13)9-17-18(12-24)20(25)10-19(17)22-11-14-3-5-16(26-2)6-4-14/h3-8,17-20,22,24-25H,9-12H2,1-2H3/t17-,18-,19-,20-/m1/s1. The molecule has 1 saturated carbocycles. The quantitative estimate of drug-likeness (QED) is 0.696. The highest BCUT2D eigenvalue weighted by Gasteiger charge is 2.41. The van der Waals surface area contributed by atoms with Gasteiger partial charge in [0.2, 0.25) is 0 Å². The van der Waals surface area contributed by atoms with Crippen molar-refractivity contribution in [3.05, 3.63) is 53.6 Å². The molecule has 1 fully saturated rings. The van der Waals surface area contributed by atoms with E-state index in [4.69, 9.17) is 4.74 Å². The van der Waals surface area contributed by atoms with Crippen molar-refractivity contribution in [1.82, 2.24) is 15.3 Å². The van der Waals surface area contributed by atoms with E-state index in [2.05, 4.69) is 15.3 Å². The van der Waals surface area contributed by atoms with E-state index < -0.39 is 6.10 Å². The highest BCUT2D eigenvalue weighted by atomic mass is 16.5. The predicted octanol–water partition coefficient (Wildman–Crippen LogP) is 1.48. The number of hydrogen-bond acceptors (Lipinski definition) is 6.